The molecule has 3 rings (SSSR count). The van der Waals surface area contributed by atoms with Crippen molar-refractivity contribution in [1.29, 1.82) is 0 Å². The third-order valence-electron chi connectivity index (χ3n) is 4.81. The Bertz CT molecular complexity index is 516. The molecule has 0 spiro atoms. The smallest absolute Gasteiger partial charge is 0.222 e. The van der Waals surface area contributed by atoms with E-state index in [2.05, 4.69) is 9.88 Å². The zero-order valence-corrected chi connectivity index (χ0v) is 13.0. The highest BCUT2D eigenvalue weighted by Crippen LogP contribution is 2.28. The first-order valence-corrected chi connectivity index (χ1v) is 8.37. The molecule has 5 heteroatoms. The molecule has 0 N–H and O–H groups in total. The summed E-state index contributed by atoms with van der Waals surface area (Å²) in [6.45, 7) is 3.07. The summed E-state index contributed by atoms with van der Waals surface area (Å²) in [6, 6.07) is 4.88. The van der Waals surface area contributed by atoms with Crippen LogP contribution in [-0.4, -0.2) is 42.0 Å². The number of halogens is 1. The number of rotatable bonds is 3. The second-order valence-electron chi connectivity index (χ2n) is 6.39. The number of carbonyl (C=O) groups is 1. The molecule has 0 unspecified atom stereocenters. The zero-order chi connectivity index (χ0) is 15.4. The summed E-state index contributed by atoms with van der Waals surface area (Å²) in [5.41, 5.74) is 0. The number of anilines is 1. The first-order chi connectivity index (χ1) is 10.7. The van der Waals surface area contributed by atoms with E-state index in [4.69, 9.17) is 0 Å². The summed E-state index contributed by atoms with van der Waals surface area (Å²) in [5, 5.41) is 0. The molecule has 1 aliphatic carbocycles. The Morgan fingerprint density at radius 1 is 1.14 bits per heavy atom. The standard InChI is InChI=1S/C17H24FN3O/c18-15-7-3-8-16(19-15)20-9-4-10-21(12-11-20)17(22)13-14-5-1-2-6-14/h3,7-8,14H,1-2,4-6,9-13H2. The average Bonchev–Trinajstić information content (AvgIpc) is 2.88. The number of aromatic nitrogens is 1. The van der Waals surface area contributed by atoms with E-state index in [1.54, 1.807) is 6.07 Å². The lowest BCUT2D eigenvalue weighted by atomic mass is 10.0. The van der Waals surface area contributed by atoms with Gasteiger partial charge in [0.15, 0.2) is 0 Å². The molecule has 2 fully saturated rings. The van der Waals surface area contributed by atoms with E-state index in [1.165, 1.54) is 31.7 Å². The van der Waals surface area contributed by atoms with Crippen LogP contribution in [0.2, 0.25) is 0 Å². The fourth-order valence-electron chi connectivity index (χ4n) is 3.56. The van der Waals surface area contributed by atoms with Crippen LogP contribution in [-0.2, 0) is 4.79 Å². The molecule has 0 atom stereocenters. The molecule has 120 valence electrons. The molecule has 1 aromatic rings. The van der Waals surface area contributed by atoms with Crippen molar-refractivity contribution in [1.82, 2.24) is 9.88 Å². The first-order valence-electron chi connectivity index (χ1n) is 8.37. The maximum Gasteiger partial charge on any atom is 0.222 e. The summed E-state index contributed by atoms with van der Waals surface area (Å²) < 4.78 is 13.3. The first kappa shape index (κ1) is 15.3. The number of nitrogens with zero attached hydrogens (tertiary/aromatic N) is 3. The van der Waals surface area contributed by atoms with Crippen molar-refractivity contribution in [3.8, 4) is 0 Å². The second kappa shape index (κ2) is 7.07. The fourth-order valence-corrected chi connectivity index (χ4v) is 3.56. The van der Waals surface area contributed by atoms with E-state index in [0.717, 1.165) is 26.1 Å². The lowest BCUT2D eigenvalue weighted by Gasteiger charge is -2.23. The van der Waals surface area contributed by atoms with Gasteiger partial charge < -0.3 is 9.80 Å². The van der Waals surface area contributed by atoms with E-state index in [-0.39, 0.29) is 0 Å². The lowest BCUT2D eigenvalue weighted by Crippen LogP contribution is -2.36. The van der Waals surface area contributed by atoms with Crippen molar-refractivity contribution < 1.29 is 9.18 Å². The van der Waals surface area contributed by atoms with Crippen molar-refractivity contribution >= 4 is 11.7 Å². The maximum atomic E-state index is 13.3. The van der Waals surface area contributed by atoms with Gasteiger partial charge in [-0.3, -0.25) is 4.79 Å². The third-order valence-corrected chi connectivity index (χ3v) is 4.81. The van der Waals surface area contributed by atoms with Crippen molar-refractivity contribution in [2.75, 3.05) is 31.1 Å². The van der Waals surface area contributed by atoms with Crippen LogP contribution in [0.25, 0.3) is 0 Å². The van der Waals surface area contributed by atoms with Crippen molar-refractivity contribution in [2.45, 2.75) is 38.5 Å². The average molecular weight is 305 g/mol. The highest BCUT2D eigenvalue weighted by molar-refractivity contribution is 5.76. The monoisotopic (exact) mass is 305 g/mol. The van der Waals surface area contributed by atoms with Gasteiger partial charge in [0, 0.05) is 32.6 Å². The Kier molecular flexibility index (Phi) is 4.90. The molecule has 1 aromatic heterocycles. The summed E-state index contributed by atoms with van der Waals surface area (Å²) in [7, 11) is 0. The van der Waals surface area contributed by atoms with Crippen molar-refractivity contribution in [2.24, 2.45) is 5.92 Å². The van der Waals surface area contributed by atoms with Crippen LogP contribution < -0.4 is 4.90 Å². The van der Waals surface area contributed by atoms with E-state index < -0.39 is 5.95 Å². The molecular weight excluding hydrogens is 281 g/mol. The van der Waals surface area contributed by atoms with E-state index in [9.17, 15) is 9.18 Å². The van der Waals surface area contributed by atoms with Crippen LogP contribution in [0.5, 0.6) is 0 Å². The second-order valence-corrected chi connectivity index (χ2v) is 6.39. The van der Waals surface area contributed by atoms with Gasteiger partial charge in [-0.15, -0.1) is 0 Å². The molecule has 1 saturated carbocycles. The molecular formula is C17H24FN3O. The molecule has 2 aliphatic rings. The molecule has 2 heterocycles. The Morgan fingerprint density at radius 3 is 2.73 bits per heavy atom. The van der Waals surface area contributed by atoms with Gasteiger partial charge in [0.1, 0.15) is 5.82 Å². The van der Waals surface area contributed by atoms with Crippen LogP contribution in [0.1, 0.15) is 38.5 Å². The number of hydrogen-bond donors (Lipinski definition) is 0. The summed E-state index contributed by atoms with van der Waals surface area (Å²) >= 11 is 0. The molecule has 1 amide bonds. The SMILES string of the molecule is O=C(CC1CCCC1)N1CCCN(c2cccc(F)n2)CC1. The fraction of sp³-hybridized carbons (Fsp3) is 0.647. The highest BCUT2D eigenvalue weighted by Gasteiger charge is 2.24. The lowest BCUT2D eigenvalue weighted by molar-refractivity contribution is -0.131. The molecule has 0 bridgehead atoms. The van der Waals surface area contributed by atoms with Crippen LogP contribution in [0.15, 0.2) is 18.2 Å². The van der Waals surface area contributed by atoms with Gasteiger partial charge in [-0.2, -0.15) is 4.39 Å². The van der Waals surface area contributed by atoms with E-state index >= 15 is 0 Å². The predicted molar refractivity (Wildman–Crippen MR) is 84.2 cm³/mol. The summed E-state index contributed by atoms with van der Waals surface area (Å²) in [6.07, 6.45) is 6.58. The van der Waals surface area contributed by atoms with Crippen LogP contribution >= 0.6 is 0 Å². The Hall–Kier alpha value is -1.65. The van der Waals surface area contributed by atoms with Gasteiger partial charge in [0.25, 0.3) is 0 Å². The van der Waals surface area contributed by atoms with Gasteiger partial charge in [0.05, 0.1) is 0 Å². The number of carbonyl (C=O) groups excluding carboxylic acids is 1. The molecule has 22 heavy (non-hydrogen) atoms. The van der Waals surface area contributed by atoms with E-state index in [1.807, 2.05) is 11.0 Å². The Labute approximate surface area is 131 Å². The zero-order valence-electron chi connectivity index (χ0n) is 13.0. The minimum Gasteiger partial charge on any atom is -0.355 e. The minimum atomic E-state index is -0.448. The van der Waals surface area contributed by atoms with Crippen LogP contribution in [0.4, 0.5) is 10.2 Å². The van der Waals surface area contributed by atoms with Gasteiger partial charge in [-0.05, 0) is 37.3 Å². The van der Waals surface area contributed by atoms with Gasteiger partial charge in [-0.25, -0.2) is 4.98 Å². The molecule has 0 radical (unpaired) electrons. The van der Waals surface area contributed by atoms with Crippen molar-refractivity contribution in [3.05, 3.63) is 24.1 Å². The minimum absolute atomic E-state index is 0.293. The quantitative estimate of drug-likeness (QED) is 0.806. The number of hydrogen-bond acceptors (Lipinski definition) is 3. The number of pyridine rings is 1. The molecule has 0 aromatic carbocycles. The van der Waals surface area contributed by atoms with Crippen molar-refractivity contribution in [3.63, 3.8) is 0 Å². The van der Waals surface area contributed by atoms with E-state index in [0.29, 0.717) is 30.6 Å². The molecule has 1 aliphatic heterocycles. The Balaban J connectivity index is 1.56. The van der Waals surface area contributed by atoms with Crippen LogP contribution in [0, 0.1) is 11.9 Å². The number of amides is 1. The van der Waals surface area contributed by atoms with Gasteiger partial charge in [0.2, 0.25) is 11.9 Å². The van der Waals surface area contributed by atoms with Crippen LogP contribution in [0.3, 0.4) is 0 Å². The third kappa shape index (κ3) is 3.76. The highest BCUT2D eigenvalue weighted by atomic mass is 19.1. The summed E-state index contributed by atoms with van der Waals surface area (Å²) in [5.74, 6) is 1.11. The normalized spacial score (nSPS) is 20.2. The topological polar surface area (TPSA) is 36.4 Å². The van der Waals surface area contributed by atoms with Gasteiger partial charge in [-0.1, -0.05) is 18.9 Å². The summed E-state index contributed by atoms with van der Waals surface area (Å²) in [4.78, 5) is 20.4. The Morgan fingerprint density at radius 2 is 1.95 bits per heavy atom. The largest absolute Gasteiger partial charge is 0.355 e. The van der Waals surface area contributed by atoms with Gasteiger partial charge >= 0.3 is 0 Å². The maximum absolute atomic E-state index is 13.3. The predicted octanol–water partition coefficient (Wildman–Crippen LogP) is 2.84. The molecule has 1 saturated heterocycles. The molecule has 4 nitrogen and oxygen atoms in total.